The van der Waals surface area contributed by atoms with E-state index in [2.05, 4.69) is 18.5 Å². The maximum Gasteiger partial charge on any atom is 0.142 e. The van der Waals surface area contributed by atoms with Gasteiger partial charge in [-0.3, -0.25) is 0 Å². The Kier molecular flexibility index (Phi) is 4.92. The quantitative estimate of drug-likeness (QED) is 0.752. The van der Waals surface area contributed by atoms with Crippen LogP contribution in [0.4, 0.5) is 10.2 Å². The topological polar surface area (TPSA) is 36.4 Å². The van der Waals surface area contributed by atoms with Gasteiger partial charge in [0.15, 0.2) is 0 Å². The second-order valence-electron chi connectivity index (χ2n) is 3.53. The van der Waals surface area contributed by atoms with Gasteiger partial charge in [0.05, 0.1) is 12.8 Å². The molecule has 0 aliphatic heterocycles. The lowest BCUT2D eigenvalue weighted by Gasteiger charge is -2.23. The molecule has 0 spiro atoms. The van der Waals surface area contributed by atoms with Crippen molar-refractivity contribution < 1.29 is 9.50 Å². The highest BCUT2D eigenvalue weighted by Gasteiger charge is 2.11. The molecule has 0 fully saturated rings. The van der Waals surface area contributed by atoms with Gasteiger partial charge in [-0.2, -0.15) is 0 Å². The van der Waals surface area contributed by atoms with Crippen molar-refractivity contribution in [2.45, 2.75) is 20.0 Å². The van der Waals surface area contributed by atoms with Gasteiger partial charge in [-0.05, 0) is 12.5 Å². The molecule has 0 aromatic carbocycles. The number of hydrogen-bond acceptors (Lipinski definition) is 3. The van der Waals surface area contributed by atoms with E-state index >= 15 is 0 Å². The lowest BCUT2D eigenvalue weighted by Crippen LogP contribution is -2.26. The third-order valence-electron chi connectivity index (χ3n) is 2.22. The molecule has 1 aromatic rings. The maximum absolute atomic E-state index is 13.0. The molecule has 0 atom stereocenters. The second-order valence-corrected chi connectivity index (χ2v) is 3.53. The minimum Gasteiger partial charge on any atom is -0.392 e. The molecule has 0 aliphatic carbocycles. The Morgan fingerprint density at radius 2 is 2.38 bits per heavy atom. The van der Waals surface area contributed by atoms with Crippen LogP contribution in [0, 0.1) is 5.82 Å². The number of aromatic nitrogens is 1. The molecule has 0 saturated heterocycles. The van der Waals surface area contributed by atoms with E-state index in [1.165, 1.54) is 12.3 Å². The van der Waals surface area contributed by atoms with Gasteiger partial charge >= 0.3 is 0 Å². The zero-order valence-corrected chi connectivity index (χ0v) is 9.49. The van der Waals surface area contributed by atoms with Crippen molar-refractivity contribution in [3.05, 3.63) is 36.3 Å². The summed E-state index contributed by atoms with van der Waals surface area (Å²) < 4.78 is 13.0. The lowest BCUT2D eigenvalue weighted by molar-refractivity contribution is 0.281. The van der Waals surface area contributed by atoms with Crippen LogP contribution in [-0.4, -0.2) is 23.2 Å². The zero-order valence-electron chi connectivity index (χ0n) is 9.49. The molecule has 0 aliphatic rings. The summed E-state index contributed by atoms with van der Waals surface area (Å²) in [4.78, 5) is 6.00. The smallest absolute Gasteiger partial charge is 0.142 e. The van der Waals surface area contributed by atoms with Crippen LogP contribution in [0.25, 0.3) is 0 Å². The molecule has 0 unspecified atom stereocenters. The molecule has 1 heterocycles. The van der Waals surface area contributed by atoms with Gasteiger partial charge in [0.25, 0.3) is 0 Å². The number of halogens is 1. The number of pyridine rings is 1. The van der Waals surface area contributed by atoms with E-state index in [0.29, 0.717) is 17.9 Å². The minimum absolute atomic E-state index is 0.211. The normalized spacial score (nSPS) is 10.2. The Balaban J connectivity index is 3.01. The first-order chi connectivity index (χ1) is 7.72. The number of aliphatic hydroxyl groups is 1. The third kappa shape index (κ3) is 3.03. The van der Waals surface area contributed by atoms with Crippen LogP contribution in [0.15, 0.2) is 24.9 Å². The van der Waals surface area contributed by atoms with Gasteiger partial charge < -0.3 is 10.0 Å². The van der Waals surface area contributed by atoms with E-state index < -0.39 is 5.82 Å². The van der Waals surface area contributed by atoms with E-state index in [-0.39, 0.29) is 6.61 Å². The average Bonchev–Trinajstić information content (AvgIpc) is 2.28. The number of anilines is 1. The Bertz CT molecular complexity index is 355. The molecule has 1 aromatic heterocycles. The fraction of sp³-hybridized carbons (Fsp3) is 0.417. The van der Waals surface area contributed by atoms with Crippen LogP contribution >= 0.6 is 0 Å². The van der Waals surface area contributed by atoms with Crippen LogP contribution in [0.1, 0.15) is 18.9 Å². The summed E-state index contributed by atoms with van der Waals surface area (Å²) in [5.41, 5.74) is 0.510. The molecular formula is C12H17FN2O. The highest BCUT2D eigenvalue weighted by molar-refractivity contribution is 5.47. The average molecular weight is 224 g/mol. The molecule has 0 bridgehead atoms. The molecule has 16 heavy (non-hydrogen) atoms. The first kappa shape index (κ1) is 12.6. The van der Waals surface area contributed by atoms with E-state index in [4.69, 9.17) is 5.11 Å². The third-order valence-corrected chi connectivity index (χ3v) is 2.22. The molecule has 4 heteroatoms. The summed E-state index contributed by atoms with van der Waals surface area (Å²) in [7, 11) is 0. The Morgan fingerprint density at radius 3 is 2.94 bits per heavy atom. The van der Waals surface area contributed by atoms with Crippen LogP contribution in [0.3, 0.4) is 0 Å². The molecule has 0 radical (unpaired) electrons. The van der Waals surface area contributed by atoms with E-state index in [9.17, 15) is 4.39 Å². The number of hydrogen-bond donors (Lipinski definition) is 1. The molecule has 1 N–H and O–H groups in total. The summed E-state index contributed by atoms with van der Waals surface area (Å²) in [5.74, 6) is 0.202. The van der Waals surface area contributed by atoms with Gasteiger partial charge in [0, 0.05) is 18.7 Å². The summed E-state index contributed by atoms with van der Waals surface area (Å²) in [6.07, 6.45) is 3.89. The predicted molar refractivity (Wildman–Crippen MR) is 62.8 cm³/mol. The summed E-state index contributed by atoms with van der Waals surface area (Å²) >= 11 is 0. The second kappa shape index (κ2) is 6.23. The van der Waals surface area contributed by atoms with Crippen LogP contribution in [-0.2, 0) is 6.61 Å². The van der Waals surface area contributed by atoms with Gasteiger partial charge in [-0.15, -0.1) is 6.58 Å². The van der Waals surface area contributed by atoms with Gasteiger partial charge in [0.1, 0.15) is 11.6 Å². The van der Waals surface area contributed by atoms with Crippen molar-refractivity contribution in [1.82, 2.24) is 4.98 Å². The van der Waals surface area contributed by atoms with Gasteiger partial charge in [-0.1, -0.05) is 13.0 Å². The van der Waals surface area contributed by atoms with E-state index in [1.807, 2.05) is 4.90 Å². The maximum atomic E-state index is 13.0. The standard InChI is InChI=1S/C12H17FN2O/c1-3-5-15(6-4-2)12-10(9-16)7-11(13)8-14-12/h3,7-8,16H,1,4-6,9H2,2H3. The van der Waals surface area contributed by atoms with Gasteiger partial charge in [-0.25, -0.2) is 9.37 Å². The first-order valence-corrected chi connectivity index (χ1v) is 5.34. The molecule has 3 nitrogen and oxygen atoms in total. The monoisotopic (exact) mass is 224 g/mol. The number of nitrogens with zero attached hydrogens (tertiary/aromatic N) is 2. The van der Waals surface area contributed by atoms with Crippen LogP contribution in [0.5, 0.6) is 0 Å². The summed E-state index contributed by atoms with van der Waals surface area (Å²) in [6.45, 7) is 6.96. The SMILES string of the molecule is C=CCN(CCC)c1ncc(F)cc1CO. The first-order valence-electron chi connectivity index (χ1n) is 5.34. The van der Waals surface area contributed by atoms with Crippen molar-refractivity contribution in [3.63, 3.8) is 0 Å². The number of rotatable bonds is 6. The van der Waals surface area contributed by atoms with Crippen molar-refractivity contribution >= 4 is 5.82 Å². The fourth-order valence-electron chi connectivity index (χ4n) is 1.58. The molecule has 0 amide bonds. The molecular weight excluding hydrogens is 207 g/mol. The van der Waals surface area contributed by atoms with Crippen molar-refractivity contribution in [3.8, 4) is 0 Å². The molecule has 1 rings (SSSR count). The Labute approximate surface area is 95.2 Å². The van der Waals surface area contributed by atoms with E-state index in [1.54, 1.807) is 6.08 Å². The minimum atomic E-state index is -0.428. The van der Waals surface area contributed by atoms with E-state index in [0.717, 1.165) is 13.0 Å². The Hall–Kier alpha value is -1.42. The van der Waals surface area contributed by atoms with Crippen molar-refractivity contribution in [2.24, 2.45) is 0 Å². The number of aliphatic hydroxyl groups excluding tert-OH is 1. The summed E-state index contributed by atoms with van der Waals surface area (Å²) in [5, 5.41) is 9.17. The van der Waals surface area contributed by atoms with Crippen molar-refractivity contribution in [1.29, 1.82) is 0 Å². The largest absolute Gasteiger partial charge is 0.392 e. The lowest BCUT2D eigenvalue weighted by atomic mass is 10.2. The van der Waals surface area contributed by atoms with Crippen LogP contribution in [0.2, 0.25) is 0 Å². The van der Waals surface area contributed by atoms with Crippen molar-refractivity contribution in [2.75, 3.05) is 18.0 Å². The van der Waals surface area contributed by atoms with Crippen LogP contribution < -0.4 is 4.90 Å². The summed E-state index contributed by atoms with van der Waals surface area (Å²) in [6, 6.07) is 1.31. The molecule has 88 valence electrons. The zero-order chi connectivity index (χ0) is 12.0. The Morgan fingerprint density at radius 1 is 1.62 bits per heavy atom. The highest BCUT2D eigenvalue weighted by atomic mass is 19.1. The highest BCUT2D eigenvalue weighted by Crippen LogP contribution is 2.18. The van der Waals surface area contributed by atoms with Gasteiger partial charge in [0.2, 0.25) is 0 Å². The predicted octanol–water partition coefficient (Wildman–Crippen LogP) is 2.12. The fourth-order valence-corrected chi connectivity index (χ4v) is 1.58. The molecule has 0 saturated carbocycles.